The number of amides is 1. The van der Waals surface area contributed by atoms with Crippen molar-refractivity contribution in [3.8, 4) is 23.1 Å². The molecule has 0 unspecified atom stereocenters. The Kier molecular flexibility index (Phi) is 5.36. The molecule has 3 aromatic heterocycles. The fraction of sp³-hybridized carbons (Fsp3) is 0.292. The molecule has 0 radical (unpaired) electrons. The van der Waals surface area contributed by atoms with Crippen molar-refractivity contribution < 1.29 is 9.90 Å². The number of carbonyl (C=O) groups is 1. The van der Waals surface area contributed by atoms with Crippen molar-refractivity contribution >= 4 is 16.9 Å². The minimum atomic E-state index is -0.0284. The number of nitriles is 1. The largest absolute Gasteiger partial charge is 0.396 e. The van der Waals surface area contributed by atoms with Gasteiger partial charge in [0.1, 0.15) is 18.2 Å². The van der Waals surface area contributed by atoms with Crippen LogP contribution in [0, 0.1) is 18.3 Å². The summed E-state index contributed by atoms with van der Waals surface area (Å²) in [5, 5.41) is 26.0. The van der Waals surface area contributed by atoms with Crippen LogP contribution in [0.15, 0.2) is 36.7 Å². The van der Waals surface area contributed by atoms with Crippen molar-refractivity contribution in [2.45, 2.75) is 32.7 Å². The fourth-order valence-electron chi connectivity index (χ4n) is 4.38. The van der Waals surface area contributed by atoms with Crippen LogP contribution < -0.4 is 0 Å². The summed E-state index contributed by atoms with van der Waals surface area (Å²) in [7, 11) is 0. The third-order valence-corrected chi connectivity index (χ3v) is 6.04. The molecule has 5 rings (SSSR count). The van der Waals surface area contributed by atoms with Crippen LogP contribution in [0.1, 0.15) is 35.4 Å². The first-order valence-electron chi connectivity index (χ1n) is 10.9. The number of benzene rings is 1. The number of rotatable bonds is 6. The fourth-order valence-corrected chi connectivity index (χ4v) is 4.38. The first kappa shape index (κ1) is 20.8. The third-order valence-electron chi connectivity index (χ3n) is 6.04. The van der Waals surface area contributed by atoms with Crippen LogP contribution in [0.4, 0.5) is 0 Å². The molecular weight excluding hydrogens is 418 g/mol. The summed E-state index contributed by atoms with van der Waals surface area (Å²) < 4.78 is 1.90. The number of aliphatic hydroxyl groups is 1. The quantitative estimate of drug-likeness (QED) is 0.474. The van der Waals surface area contributed by atoms with E-state index in [-0.39, 0.29) is 18.2 Å². The predicted molar refractivity (Wildman–Crippen MR) is 121 cm³/mol. The molecule has 0 bridgehead atoms. The maximum absolute atomic E-state index is 12.0. The Morgan fingerprint density at radius 3 is 2.91 bits per heavy atom. The molecule has 4 heterocycles. The van der Waals surface area contributed by atoms with Gasteiger partial charge in [-0.2, -0.15) is 10.4 Å². The number of aryl methyl sites for hydroxylation is 1. The second kappa shape index (κ2) is 8.48. The molecule has 9 heteroatoms. The van der Waals surface area contributed by atoms with Gasteiger partial charge >= 0.3 is 0 Å². The van der Waals surface area contributed by atoms with E-state index in [0.717, 1.165) is 40.8 Å². The lowest BCUT2D eigenvalue weighted by molar-refractivity contribution is -0.128. The van der Waals surface area contributed by atoms with E-state index in [9.17, 15) is 15.2 Å². The minimum absolute atomic E-state index is 0.0284. The van der Waals surface area contributed by atoms with Gasteiger partial charge in [0.25, 0.3) is 0 Å². The van der Waals surface area contributed by atoms with E-state index in [2.05, 4.69) is 21.3 Å². The van der Waals surface area contributed by atoms with Gasteiger partial charge in [-0.15, -0.1) is 0 Å². The van der Waals surface area contributed by atoms with E-state index in [1.807, 2.05) is 46.7 Å². The van der Waals surface area contributed by atoms with Gasteiger partial charge in [-0.25, -0.2) is 9.97 Å². The van der Waals surface area contributed by atoms with Gasteiger partial charge in [0.2, 0.25) is 5.91 Å². The number of aromatic amines is 1. The molecule has 2 N–H and O–H groups in total. The molecule has 0 aliphatic carbocycles. The maximum Gasteiger partial charge on any atom is 0.222 e. The molecule has 1 fully saturated rings. The lowest BCUT2D eigenvalue weighted by atomic mass is 10.0. The minimum Gasteiger partial charge on any atom is -0.396 e. The Morgan fingerprint density at radius 2 is 2.15 bits per heavy atom. The standard InChI is InChI=1S/C24H23N7O2/c1-15-23(19(12-25)29-28-15)24-17(8-10-32)5-7-21(27-24)31-14-26-18-6-4-16(11-20(18)31)13-30-9-2-3-22(30)33/h4-7,11,14,32H,2-3,8-10,13H2,1H3,(H,28,29). The van der Waals surface area contributed by atoms with Gasteiger partial charge in [0, 0.05) is 31.8 Å². The Hall–Kier alpha value is -4.03. The van der Waals surface area contributed by atoms with E-state index in [1.54, 1.807) is 6.33 Å². The number of H-pyrrole nitrogens is 1. The van der Waals surface area contributed by atoms with E-state index in [4.69, 9.17) is 4.98 Å². The van der Waals surface area contributed by atoms with Crippen molar-refractivity contribution in [2.24, 2.45) is 0 Å². The first-order chi connectivity index (χ1) is 16.1. The molecule has 9 nitrogen and oxygen atoms in total. The van der Waals surface area contributed by atoms with Crippen LogP contribution >= 0.6 is 0 Å². The Bertz CT molecular complexity index is 1400. The normalized spacial score (nSPS) is 13.7. The summed E-state index contributed by atoms with van der Waals surface area (Å²) in [5.41, 5.74) is 5.84. The van der Waals surface area contributed by atoms with E-state index in [0.29, 0.717) is 36.5 Å². The zero-order valence-corrected chi connectivity index (χ0v) is 18.2. The highest BCUT2D eigenvalue weighted by Gasteiger charge is 2.21. The molecule has 1 aromatic carbocycles. The lowest BCUT2D eigenvalue weighted by Gasteiger charge is -2.16. The number of likely N-dealkylation sites (tertiary alicyclic amines) is 1. The van der Waals surface area contributed by atoms with E-state index in [1.165, 1.54) is 0 Å². The number of imidazole rings is 1. The zero-order chi connectivity index (χ0) is 22.9. The van der Waals surface area contributed by atoms with Gasteiger partial charge in [-0.3, -0.25) is 14.5 Å². The smallest absolute Gasteiger partial charge is 0.222 e. The number of pyridine rings is 1. The number of nitrogens with zero attached hydrogens (tertiary/aromatic N) is 6. The molecule has 1 aliphatic rings. The summed E-state index contributed by atoms with van der Waals surface area (Å²) in [6, 6.07) is 11.9. The second-order valence-electron chi connectivity index (χ2n) is 8.19. The van der Waals surface area contributed by atoms with Gasteiger partial charge in [-0.05, 0) is 49.1 Å². The Morgan fingerprint density at radius 1 is 1.27 bits per heavy atom. The second-order valence-corrected chi connectivity index (χ2v) is 8.19. The number of aliphatic hydroxyl groups excluding tert-OH is 1. The molecule has 0 saturated carbocycles. The molecular formula is C24H23N7O2. The number of carbonyl (C=O) groups excluding carboxylic acids is 1. The van der Waals surface area contributed by atoms with Gasteiger partial charge in [0.15, 0.2) is 5.69 Å². The highest BCUT2D eigenvalue weighted by Crippen LogP contribution is 2.29. The maximum atomic E-state index is 12.0. The molecule has 33 heavy (non-hydrogen) atoms. The highest BCUT2D eigenvalue weighted by atomic mass is 16.3. The SMILES string of the molecule is Cc1[nH]nc(C#N)c1-c1nc(-n2cnc3ccc(CN4CCCC4=O)cc32)ccc1CCO. The molecule has 1 amide bonds. The van der Waals surface area contributed by atoms with Crippen LogP contribution in [0.2, 0.25) is 0 Å². The van der Waals surface area contributed by atoms with Crippen molar-refractivity contribution in [1.82, 2.24) is 29.6 Å². The number of hydrogen-bond donors (Lipinski definition) is 2. The number of aromatic nitrogens is 5. The van der Waals surface area contributed by atoms with Gasteiger partial charge < -0.3 is 10.0 Å². The van der Waals surface area contributed by atoms with Crippen LogP contribution in [-0.4, -0.2) is 53.8 Å². The molecule has 0 spiro atoms. The molecule has 0 atom stereocenters. The summed E-state index contributed by atoms with van der Waals surface area (Å²) >= 11 is 0. The van der Waals surface area contributed by atoms with Gasteiger partial charge in [0.05, 0.1) is 22.3 Å². The molecule has 1 saturated heterocycles. The average Bonchev–Trinajstić information content (AvgIpc) is 3.53. The predicted octanol–water partition coefficient (Wildman–Crippen LogP) is 2.65. The monoisotopic (exact) mass is 441 g/mol. The van der Waals surface area contributed by atoms with Gasteiger partial charge in [-0.1, -0.05) is 12.1 Å². The summed E-state index contributed by atoms with van der Waals surface area (Å²) in [4.78, 5) is 23.3. The van der Waals surface area contributed by atoms with Crippen molar-refractivity contribution in [3.05, 3.63) is 59.2 Å². The number of nitrogens with one attached hydrogen (secondary N) is 1. The third kappa shape index (κ3) is 3.75. The van der Waals surface area contributed by atoms with Crippen LogP contribution in [0.25, 0.3) is 28.1 Å². The Balaban J connectivity index is 1.59. The lowest BCUT2D eigenvalue weighted by Crippen LogP contribution is -2.23. The van der Waals surface area contributed by atoms with Crippen LogP contribution in [0.3, 0.4) is 0 Å². The first-order valence-corrected chi connectivity index (χ1v) is 10.9. The summed E-state index contributed by atoms with van der Waals surface area (Å²) in [6.45, 7) is 3.19. The highest BCUT2D eigenvalue weighted by molar-refractivity contribution is 5.80. The molecule has 4 aromatic rings. The Labute approximate surface area is 190 Å². The number of fused-ring (bicyclic) bond motifs is 1. The topological polar surface area (TPSA) is 124 Å². The number of hydrogen-bond acceptors (Lipinski definition) is 6. The van der Waals surface area contributed by atoms with E-state index < -0.39 is 0 Å². The van der Waals surface area contributed by atoms with E-state index >= 15 is 0 Å². The molecule has 1 aliphatic heterocycles. The molecule has 166 valence electrons. The van der Waals surface area contributed by atoms with Crippen molar-refractivity contribution in [3.63, 3.8) is 0 Å². The van der Waals surface area contributed by atoms with Crippen molar-refractivity contribution in [1.29, 1.82) is 5.26 Å². The average molecular weight is 441 g/mol. The van der Waals surface area contributed by atoms with Crippen molar-refractivity contribution in [2.75, 3.05) is 13.2 Å². The van der Waals surface area contributed by atoms with Crippen LogP contribution in [-0.2, 0) is 17.8 Å². The van der Waals surface area contributed by atoms with Crippen LogP contribution in [0.5, 0.6) is 0 Å². The summed E-state index contributed by atoms with van der Waals surface area (Å²) in [5.74, 6) is 0.839. The summed E-state index contributed by atoms with van der Waals surface area (Å²) in [6.07, 6.45) is 3.66. The zero-order valence-electron chi connectivity index (χ0n) is 18.2.